The Morgan fingerprint density at radius 1 is 0.574 bits per heavy atom. The molecular weight excluding hydrogens is 673 g/mol. The molecule has 1 aliphatic rings. The maximum atomic E-state index is 12.0. The average Bonchev–Trinajstić information content (AvgIpc) is 3.93. The molecule has 1 fully saturated rings. The molecule has 6 heteroatoms. The summed E-state index contributed by atoms with van der Waals surface area (Å²) in [6.07, 6.45) is 49.6. The van der Waals surface area contributed by atoms with Crippen molar-refractivity contribution in [2.24, 2.45) is 5.92 Å². The van der Waals surface area contributed by atoms with Crippen LogP contribution in [-0.4, -0.2) is 48.6 Å². The first-order valence-corrected chi connectivity index (χ1v) is 23.1. The van der Waals surface area contributed by atoms with Crippen LogP contribution in [0.15, 0.2) is 36.5 Å². The van der Waals surface area contributed by atoms with Gasteiger partial charge in [0, 0.05) is 12.8 Å². The molecule has 0 spiro atoms. The first-order valence-electron chi connectivity index (χ1n) is 23.1. The minimum Gasteiger partial charge on any atom is -0.463 e. The molecule has 0 bridgehead atoms. The van der Waals surface area contributed by atoms with Crippen molar-refractivity contribution in [3.8, 4) is 0 Å². The molecule has 1 rings (SSSR count). The van der Waals surface area contributed by atoms with Gasteiger partial charge in [-0.3, -0.25) is 9.59 Å². The van der Waals surface area contributed by atoms with Crippen molar-refractivity contribution in [3.05, 3.63) is 36.5 Å². The summed E-state index contributed by atoms with van der Waals surface area (Å²) in [6.45, 7) is 6.64. The number of ether oxygens (including phenoxy) is 3. The Kier molecular flexibility index (Phi) is 35.2. The molecule has 0 radical (unpaired) electrons. The van der Waals surface area contributed by atoms with E-state index >= 15 is 0 Å². The largest absolute Gasteiger partial charge is 0.463 e. The number of epoxide rings is 1. The van der Waals surface area contributed by atoms with Crippen LogP contribution in [0.3, 0.4) is 0 Å². The number of esters is 2. The van der Waals surface area contributed by atoms with Crippen molar-refractivity contribution in [1.29, 1.82) is 0 Å². The summed E-state index contributed by atoms with van der Waals surface area (Å²) in [5.41, 5.74) is 0. The number of aliphatic hydroxyl groups excluding tert-OH is 1. The van der Waals surface area contributed by atoms with Gasteiger partial charge in [0.25, 0.3) is 0 Å². The predicted octanol–water partition coefficient (Wildman–Crippen LogP) is 13.6. The van der Waals surface area contributed by atoms with Gasteiger partial charge in [0.1, 0.15) is 19.3 Å². The molecule has 0 saturated carbocycles. The molecule has 3 unspecified atom stereocenters. The molecule has 4 atom stereocenters. The molecule has 54 heavy (non-hydrogen) atoms. The van der Waals surface area contributed by atoms with Crippen LogP contribution in [0.1, 0.15) is 220 Å². The lowest BCUT2D eigenvalue weighted by Crippen LogP contribution is -2.25. The van der Waals surface area contributed by atoms with Gasteiger partial charge in [-0.15, -0.1) is 0 Å². The minimum atomic E-state index is -0.988. The Morgan fingerprint density at radius 3 is 1.56 bits per heavy atom. The van der Waals surface area contributed by atoms with Crippen LogP contribution in [-0.2, 0) is 23.8 Å². The Morgan fingerprint density at radius 2 is 1.04 bits per heavy atom. The predicted molar refractivity (Wildman–Crippen MR) is 228 cm³/mol. The third-order valence-corrected chi connectivity index (χ3v) is 10.8. The number of hydrogen-bond acceptors (Lipinski definition) is 6. The van der Waals surface area contributed by atoms with Crippen LogP contribution in [0, 0.1) is 5.92 Å². The Hall–Kier alpha value is -1.92. The number of rotatable bonds is 40. The van der Waals surface area contributed by atoms with Gasteiger partial charge in [0.15, 0.2) is 0 Å². The second kappa shape index (κ2) is 38.0. The second-order valence-electron chi connectivity index (χ2n) is 16.2. The number of allylic oxidation sites excluding steroid dienone is 5. The van der Waals surface area contributed by atoms with Gasteiger partial charge in [-0.25, -0.2) is 0 Å². The van der Waals surface area contributed by atoms with Gasteiger partial charge in [-0.05, 0) is 50.9 Å². The number of carbonyl (C=O) groups excluding carboxylic acids is 2. The van der Waals surface area contributed by atoms with E-state index in [0.29, 0.717) is 31.5 Å². The monoisotopic (exact) mass is 759 g/mol. The summed E-state index contributed by atoms with van der Waals surface area (Å²) >= 11 is 0. The van der Waals surface area contributed by atoms with Crippen LogP contribution in [0.4, 0.5) is 0 Å². The van der Waals surface area contributed by atoms with E-state index in [1.807, 2.05) is 0 Å². The summed E-state index contributed by atoms with van der Waals surface area (Å²) in [6, 6.07) is 0. The molecule has 314 valence electrons. The quantitative estimate of drug-likeness (QED) is 0.0290. The minimum absolute atomic E-state index is 0.134. The highest BCUT2D eigenvalue weighted by Gasteiger charge is 2.36. The molecule has 0 aromatic heterocycles. The SMILES string of the molecule is CCCCCC1OC1C/C=C\C/C=C\C/C=C\CCCC(=O)OC[C@H](O)COC(=O)CCCCCCCCCCCCCCCCCCCCC(C)CC. The standard InChI is InChI=1S/C48H86O6/c1-4-6-31-37-45-46(54-45)38-33-28-24-20-17-18-22-26-30-35-40-48(51)53-42-44(49)41-52-47(50)39-34-29-25-21-16-14-12-10-8-7-9-11-13-15-19-23-27-32-36-43(3)5-2/h17,20,22,26,28,33,43-46,49H,4-16,18-19,21,23-25,27,29-32,34-42H2,1-3H3/b20-17-,26-22-,33-28-/t43?,44-,45?,46?/m1/s1. The summed E-state index contributed by atoms with van der Waals surface area (Å²) in [5.74, 6) is 0.287. The molecule has 0 aromatic rings. The summed E-state index contributed by atoms with van der Waals surface area (Å²) in [5, 5.41) is 10.1. The Bertz CT molecular complexity index is 941. The zero-order valence-electron chi connectivity index (χ0n) is 35.6. The topological polar surface area (TPSA) is 85.4 Å². The molecule has 0 aromatic carbocycles. The third-order valence-electron chi connectivity index (χ3n) is 10.8. The van der Waals surface area contributed by atoms with Crippen LogP contribution >= 0.6 is 0 Å². The summed E-state index contributed by atoms with van der Waals surface area (Å²) in [7, 11) is 0. The van der Waals surface area contributed by atoms with E-state index in [9.17, 15) is 14.7 Å². The van der Waals surface area contributed by atoms with Crippen molar-refractivity contribution in [3.63, 3.8) is 0 Å². The number of unbranched alkanes of at least 4 members (excludes halogenated alkanes) is 20. The number of aliphatic hydroxyl groups is 1. The fraction of sp³-hybridized carbons (Fsp3) is 0.833. The van der Waals surface area contributed by atoms with Gasteiger partial charge in [-0.2, -0.15) is 0 Å². The molecule has 1 N–H and O–H groups in total. The number of hydrogen-bond donors (Lipinski definition) is 1. The van der Waals surface area contributed by atoms with E-state index in [-0.39, 0.29) is 25.2 Å². The lowest BCUT2D eigenvalue weighted by atomic mass is 9.99. The van der Waals surface area contributed by atoms with E-state index in [1.54, 1.807) is 0 Å². The van der Waals surface area contributed by atoms with Gasteiger partial charge in [0.2, 0.25) is 0 Å². The van der Waals surface area contributed by atoms with Crippen molar-refractivity contribution < 1.29 is 28.9 Å². The van der Waals surface area contributed by atoms with Gasteiger partial charge in [-0.1, -0.05) is 198 Å². The van der Waals surface area contributed by atoms with E-state index in [1.165, 1.54) is 135 Å². The first kappa shape index (κ1) is 50.1. The lowest BCUT2D eigenvalue weighted by Gasteiger charge is -2.12. The van der Waals surface area contributed by atoms with Gasteiger partial charge >= 0.3 is 11.9 Å². The van der Waals surface area contributed by atoms with Crippen LogP contribution < -0.4 is 0 Å². The molecule has 1 heterocycles. The molecular formula is C48H86O6. The zero-order chi connectivity index (χ0) is 39.2. The normalized spacial score (nSPS) is 16.8. The maximum absolute atomic E-state index is 12.0. The third kappa shape index (κ3) is 34.6. The molecule has 6 nitrogen and oxygen atoms in total. The maximum Gasteiger partial charge on any atom is 0.305 e. The molecule has 1 aliphatic heterocycles. The zero-order valence-corrected chi connectivity index (χ0v) is 35.6. The van der Waals surface area contributed by atoms with E-state index in [0.717, 1.165) is 50.9 Å². The van der Waals surface area contributed by atoms with Gasteiger partial charge in [0.05, 0.1) is 12.2 Å². The highest BCUT2D eigenvalue weighted by Crippen LogP contribution is 2.30. The average molecular weight is 759 g/mol. The Balaban J connectivity index is 1.80. The molecule has 0 amide bonds. The summed E-state index contributed by atoms with van der Waals surface area (Å²) in [4.78, 5) is 24.0. The van der Waals surface area contributed by atoms with Crippen molar-refractivity contribution in [1.82, 2.24) is 0 Å². The summed E-state index contributed by atoms with van der Waals surface area (Å²) < 4.78 is 16.1. The smallest absolute Gasteiger partial charge is 0.305 e. The van der Waals surface area contributed by atoms with Crippen molar-refractivity contribution >= 4 is 11.9 Å². The lowest BCUT2D eigenvalue weighted by molar-refractivity contribution is -0.152. The van der Waals surface area contributed by atoms with Gasteiger partial charge < -0.3 is 19.3 Å². The van der Waals surface area contributed by atoms with Crippen molar-refractivity contribution in [2.45, 2.75) is 238 Å². The van der Waals surface area contributed by atoms with E-state index in [4.69, 9.17) is 14.2 Å². The molecule has 0 aliphatic carbocycles. The van der Waals surface area contributed by atoms with E-state index in [2.05, 4.69) is 57.2 Å². The fourth-order valence-electron chi connectivity index (χ4n) is 6.86. The second-order valence-corrected chi connectivity index (χ2v) is 16.2. The van der Waals surface area contributed by atoms with Crippen LogP contribution in [0.25, 0.3) is 0 Å². The van der Waals surface area contributed by atoms with Crippen LogP contribution in [0.5, 0.6) is 0 Å². The Labute approximate surface area is 333 Å². The number of carbonyl (C=O) groups is 2. The fourth-order valence-corrected chi connectivity index (χ4v) is 6.86. The highest BCUT2D eigenvalue weighted by atomic mass is 16.6. The van der Waals surface area contributed by atoms with Crippen LogP contribution in [0.2, 0.25) is 0 Å². The van der Waals surface area contributed by atoms with E-state index < -0.39 is 6.10 Å². The molecule has 1 saturated heterocycles. The highest BCUT2D eigenvalue weighted by molar-refractivity contribution is 5.69. The van der Waals surface area contributed by atoms with Crippen molar-refractivity contribution in [2.75, 3.05) is 13.2 Å². The first-order chi connectivity index (χ1) is 26.5.